The lowest BCUT2D eigenvalue weighted by molar-refractivity contribution is -0.135. The van der Waals surface area contributed by atoms with E-state index >= 15 is 0 Å². The van der Waals surface area contributed by atoms with Gasteiger partial charge in [-0.15, -0.1) is 0 Å². The van der Waals surface area contributed by atoms with Crippen molar-refractivity contribution >= 4 is 22.8 Å². The molecule has 1 aromatic heterocycles. The van der Waals surface area contributed by atoms with Gasteiger partial charge in [-0.1, -0.05) is 0 Å². The van der Waals surface area contributed by atoms with Crippen LogP contribution in [-0.4, -0.2) is 28.1 Å². The zero-order chi connectivity index (χ0) is 16.1. The summed E-state index contributed by atoms with van der Waals surface area (Å²) in [6.45, 7) is 0.635. The Morgan fingerprint density at radius 1 is 1.22 bits per heavy atom. The van der Waals surface area contributed by atoms with E-state index in [1.54, 1.807) is 11.7 Å². The Morgan fingerprint density at radius 2 is 2.04 bits per heavy atom. The number of aromatic nitrogens is 2. The van der Waals surface area contributed by atoms with Gasteiger partial charge < -0.3 is 4.74 Å². The van der Waals surface area contributed by atoms with Crippen molar-refractivity contribution in [1.29, 1.82) is 0 Å². The lowest BCUT2D eigenvalue weighted by Crippen LogP contribution is -2.44. The molecule has 1 N–H and O–H groups in total. The van der Waals surface area contributed by atoms with Gasteiger partial charge in [-0.05, 0) is 31.4 Å². The molecule has 2 aliphatic rings. The van der Waals surface area contributed by atoms with Crippen LogP contribution in [0.4, 0.5) is 0 Å². The van der Waals surface area contributed by atoms with E-state index in [9.17, 15) is 14.4 Å². The fraction of sp³-hybridized carbons (Fsp3) is 0.438. The van der Waals surface area contributed by atoms with Gasteiger partial charge in [0.25, 0.3) is 0 Å². The van der Waals surface area contributed by atoms with E-state index in [0.29, 0.717) is 13.0 Å². The highest BCUT2D eigenvalue weighted by Crippen LogP contribution is 2.33. The first-order valence-corrected chi connectivity index (χ1v) is 7.76. The molecular weight excluding hydrogens is 298 g/mol. The highest BCUT2D eigenvalue weighted by Gasteiger charge is 2.33. The minimum atomic E-state index is -0.636. The Balaban J connectivity index is 1.97. The van der Waals surface area contributed by atoms with Gasteiger partial charge in [-0.2, -0.15) is 0 Å². The van der Waals surface area contributed by atoms with E-state index < -0.39 is 11.9 Å². The fourth-order valence-corrected chi connectivity index (χ4v) is 3.71. The van der Waals surface area contributed by atoms with Gasteiger partial charge in [0.15, 0.2) is 0 Å². The highest BCUT2D eigenvalue weighted by atomic mass is 16.5. The van der Waals surface area contributed by atoms with Crippen molar-refractivity contribution in [1.82, 2.24) is 14.5 Å². The molecule has 1 aromatic carbocycles. The van der Waals surface area contributed by atoms with Gasteiger partial charge in [-0.25, -0.2) is 4.79 Å². The molecule has 2 amide bonds. The summed E-state index contributed by atoms with van der Waals surface area (Å²) in [5.74, 6) is 0.0834. The van der Waals surface area contributed by atoms with Crippen LogP contribution in [0.5, 0.6) is 5.75 Å². The largest absolute Gasteiger partial charge is 0.496 e. The molecular formula is C16H17N3O4. The molecule has 7 nitrogen and oxygen atoms in total. The maximum Gasteiger partial charge on any atom is 0.329 e. The van der Waals surface area contributed by atoms with Crippen molar-refractivity contribution in [3.8, 4) is 5.75 Å². The molecule has 7 heteroatoms. The number of nitrogens with zero attached hydrogens (tertiary/aromatic N) is 2. The van der Waals surface area contributed by atoms with E-state index in [-0.39, 0.29) is 18.0 Å². The minimum absolute atomic E-state index is 0.191. The summed E-state index contributed by atoms with van der Waals surface area (Å²) in [7, 11) is 1.62. The lowest BCUT2D eigenvalue weighted by Gasteiger charge is -2.22. The molecule has 23 heavy (non-hydrogen) atoms. The van der Waals surface area contributed by atoms with Gasteiger partial charge in [0.05, 0.1) is 18.1 Å². The summed E-state index contributed by atoms with van der Waals surface area (Å²) in [6.07, 6.45) is 2.31. The third-order valence-electron chi connectivity index (χ3n) is 4.74. The highest BCUT2D eigenvalue weighted by molar-refractivity contribution is 6.00. The summed E-state index contributed by atoms with van der Waals surface area (Å²) >= 11 is 0. The van der Waals surface area contributed by atoms with Gasteiger partial charge in [-0.3, -0.25) is 24.0 Å². The number of hydrogen-bond acceptors (Lipinski definition) is 4. The van der Waals surface area contributed by atoms with Crippen molar-refractivity contribution in [2.75, 3.05) is 7.11 Å². The molecule has 120 valence electrons. The lowest BCUT2D eigenvalue weighted by atomic mass is 10.0. The summed E-state index contributed by atoms with van der Waals surface area (Å²) in [4.78, 5) is 36.4. The number of carbonyl (C=O) groups is 2. The number of imidazole rings is 1. The second kappa shape index (κ2) is 4.97. The van der Waals surface area contributed by atoms with Crippen LogP contribution >= 0.6 is 0 Å². The van der Waals surface area contributed by atoms with Gasteiger partial charge in [0, 0.05) is 18.5 Å². The smallest absolute Gasteiger partial charge is 0.329 e. The molecule has 0 saturated carbocycles. The average molecular weight is 315 g/mol. The first-order chi connectivity index (χ1) is 11.1. The van der Waals surface area contributed by atoms with Crippen LogP contribution in [0.2, 0.25) is 0 Å². The SMILES string of the molecule is COc1ccc2c3c1CCCn3c(=O)n2C1CCC(=O)NC1=O. The first-order valence-electron chi connectivity index (χ1n) is 7.76. The molecule has 0 aliphatic carbocycles. The van der Waals surface area contributed by atoms with Crippen LogP contribution in [0.25, 0.3) is 11.0 Å². The summed E-state index contributed by atoms with van der Waals surface area (Å²) in [5.41, 5.74) is 2.41. The van der Waals surface area contributed by atoms with Crippen molar-refractivity contribution in [2.24, 2.45) is 0 Å². The number of carbonyl (C=O) groups excluding carboxylic acids is 2. The van der Waals surface area contributed by atoms with E-state index in [1.807, 2.05) is 12.1 Å². The number of amides is 2. The Bertz CT molecular complexity index is 893. The fourth-order valence-electron chi connectivity index (χ4n) is 3.71. The number of hydrogen-bond donors (Lipinski definition) is 1. The van der Waals surface area contributed by atoms with Gasteiger partial charge in [0.1, 0.15) is 11.8 Å². The predicted octanol–water partition coefficient (Wildman–Crippen LogP) is 0.735. The number of piperidine rings is 1. The van der Waals surface area contributed by atoms with Crippen molar-refractivity contribution < 1.29 is 14.3 Å². The Labute approximate surface area is 131 Å². The topological polar surface area (TPSA) is 82.3 Å². The molecule has 4 rings (SSSR count). The van der Waals surface area contributed by atoms with E-state index in [2.05, 4.69) is 5.32 Å². The van der Waals surface area contributed by atoms with Crippen LogP contribution in [0.1, 0.15) is 30.9 Å². The molecule has 3 heterocycles. The maximum absolute atomic E-state index is 12.9. The molecule has 1 unspecified atom stereocenters. The molecule has 2 aromatic rings. The summed E-state index contributed by atoms with van der Waals surface area (Å²) < 4.78 is 8.67. The Morgan fingerprint density at radius 3 is 2.78 bits per heavy atom. The minimum Gasteiger partial charge on any atom is -0.496 e. The third-order valence-corrected chi connectivity index (χ3v) is 4.74. The second-order valence-corrected chi connectivity index (χ2v) is 5.99. The number of methoxy groups -OCH3 is 1. The number of ether oxygens (including phenoxy) is 1. The number of imide groups is 1. The maximum atomic E-state index is 12.9. The van der Waals surface area contributed by atoms with Crippen LogP contribution in [0.15, 0.2) is 16.9 Å². The average Bonchev–Trinajstić information content (AvgIpc) is 2.83. The van der Waals surface area contributed by atoms with Gasteiger partial charge >= 0.3 is 5.69 Å². The quantitative estimate of drug-likeness (QED) is 0.829. The summed E-state index contributed by atoms with van der Waals surface area (Å²) in [6, 6.07) is 3.03. The van der Waals surface area contributed by atoms with Crippen molar-refractivity contribution in [3.05, 3.63) is 28.2 Å². The van der Waals surface area contributed by atoms with E-state index in [1.165, 1.54) is 4.57 Å². The number of aryl methyl sites for hydroxylation is 2. The number of nitrogens with one attached hydrogen (secondary N) is 1. The van der Waals surface area contributed by atoms with E-state index in [0.717, 1.165) is 35.2 Å². The van der Waals surface area contributed by atoms with Crippen LogP contribution in [0.3, 0.4) is 0 Å². The standard InChI is InChI=1S/C16H17N3O4/c1-23-12-6-4-10-14-9(12)3-2-8-18(14)16(22)19(10)11-5-7-13(20)17-15(11)21/h4,6,11H,2-3,5,7-8H2,1H3,(H,17,20,21). The zero-order valence-corrected chi connectivity index (χ0v) is 12.8. The molecule has 1 fully saturated rings. The molecule has 0 bridgehead atoms. The van der Waals surface area contributed by atoms with Crippen molar-refractivity contribution in [2.45, 2.75) is 38.3 Å². The molecule has 1 atom stereocenters. The molecule has 1 saturated heterocycles. The van der Waals surface area contributed by atoms with Gasteiger partial charge in [0.2, 0.25) is 11.8 Å². The monoisotopic (exact) mass is 315 g/mol. The first kappa shape index (κ1) is 14.0. The number of benzene rings is 1. The van der Waals surface area contributed by atoms with Crippen LogP contribution < -0.4 is 15.7 Å². The molecule has 2 aliphatic heterocycles. The van der Waals surface area contributed by atoms with E-state index in [4.69, 9.17) is 4.74 Å². The summed E-state index contributed by atoms with van der Waals surface area (Å²) in [5, 5.41) is 2.33. The normalized spacial score (nSPS) is 20.7. The second-order valence-electron chi connectivity index (χ2n) is 5.99. The van der Waals surface area contributed by atoms with Crippen LogP contribution in [-0.2, 0) is 22.6 Å². The predicted molar refractivity (Wildman–Crippen MR) is 82.5 cm³/mol. The number of rotatable bonds is 2. The Hall–Kier alpha value is -2.57. The van der Waals surface area contributed by atoms with Crippen LogP contribution in [0, 0.1) is 0 Å². The Kier molecular flexibility index (Phi) is 3.04. The third kappa shape index (κ3) is 1.92. The molecule has 0 radical (unpaired) electrons. The van der Waals surface area contributed by atoms with Crippen molar-refractivity contribution in [3.63, 3.8) is 0 Å². The molecule has 0 spiro atoms. The zero-order valence-electron chi connectivity index (χ0n) is 12.8.